The molecule has 0 aliphatic rings. The molecule has 1 heterocycles. The first kappa shape index (κ1) is 14.7. The standard InChI is InChI=1S/C13H23N3O2/c1-5-7-14-12-11(4)13(16-9-15-12)18-10(3)8-17-6-2/h9-10H,5-8H2,1-4H3,(H,14,15,16). The Morgan fingerprint density at radius 1 is 1.33 bits per heavy atom. The van der Waals surface area contributed by atoms with Crippen LogP contribution < -0.4 is 10.1 Å². The topological polar surface area (TPSA) is 56.3 Å². The fraction of sp³-hybridized carbons (Fsp3) is 0.692. The summed E-state index contributed by atoms with van der Waals surface area (Å²) in [5.74, 6) is 1.46. The second-order valence-corrected chi connectivity index (χ2v) is 4.17. The first-order chi connectivity index (χ1) is 8.69. The van der Waals surface area contributed by atoms with Gasteiger partial charge in [0.1, 0.15) is 18.2 Å². The lowest BCUT2D eigenvalue weighted by Crippen LogP contribution is -2.20. The SMILES string of the molecule is CCCNc1ncnc(OC(C)COCC)c1C. The Morgan fingerprint density at radius 2 is 2.11 bits per heavy atom. The Labute approximate surface area is 109 Å². The van der Waals surface area contributed by atoms with E-state index in [4.69, 9.17) is 9.47 Å². The Bertz CT molecular complexity index is 358. The predicted octanol–water partition coefficient (Wildman–Crippen LogP) is 2.41. The number of hydrogen-bond acceptors (Lipinski definition) is 5. The van der Waals surface area contributed by atoms with E-state index in [9.17, 15) is 0 Å². The average molecular weight is 253 g/mol. The van der Waals surface area contributed by atoms with Crippen LogP contribution in [0, 0.1) is 6.92 Å². The lowest BCUT2D eigenvalue weighted by Gasteiger charge is -2.16. The van der Waals surface area contributed by atoms with E-state index in [1.54, 1.807) is 0 Å². The minimum Gasteiger partial charge on any atom is -0.472 e. The second kappa shape index (κ2) is 7.87. The Kier molecular flexibility index (Phi) is 6.43. The number of aromatic nitrogens is 2. The summed E-state index contributed by atoms with van der Waals surface area (Å²) in [5, 5.41) is 3.26. The molecule has 1 unspecified atom stereocenters. The van der Waals surface area contributed by atoms with Gasteiger partial charge < -0.3 is 14.8 Å². The highest BCUT2D eigenvalue weighted by atomic mass is 16.5. The van der Waals surface area contributed by atoms with E-state index in [-0.39, 0.29) is 6.10 Å². The van der Waals surface area contributed by atoms with Crippen molar-refractivity contribution in [2.45, 2.75) is 40.2 Å². The summed E-state index contributed by atoms with van der Waals surface area (Å²) in [6.45, 7) is 10.2. The monoisotopic (exact) mass is 253 g/mol. The molecule has 0 spiro atoms. The minimum absolute atomic E-state index is 0.0161. The Hall–Kier alpha value is -1.36. The minimum atomic E-state index is -0.0161. The zero-order valence-electron chi connectivity index (χ0n) is 11.7. The molecule has 18 heavy (non-hydrogen) atoms. The first-order valence-corrected chi connectivity index (χ1v) is 6.48. The summed E-state index contributed by atoms with van der Waals surface area (Å²) in [7, 11) is 0. The molecular weight excluding hydrogens is 230 g/mol. The number of hydrogen-bond donors (Lipinski definition) is 1. The van der Waals surface area contributed by atoms with Gasteiger partial charge in [-0.1, -0.05) is 6.92 Å². The summed E-state index contributed by atoms with van der Waals surface area (Å²) in [6.07, 6.45) is 2.56. The number of ether oxygens (including phenoxy) is 2. The smallest absolute Gasteiger partial charge is 0.221 e. The van der Waals surface area contributed by atoms with E-state index in [0.717, 1.165) is 24.3 Å². The molecule has 5 heteroatoms. The molecule has 0 bridgehead atoms. The van der Waals surface area contributed by atoms with Crippen LogP contribution in [0.1, 0.15) is 32.8 Å². The van der Waals surface area contributed by atoms with E-state index in [2.05, 4.69) is 22.2 Å². The van der Waals surface area contributed by atoms with Crippen molar-refractivity contribution in [2.75, 3.05) is 25.1 Å². The molecule has 5 nitrogen and oxygen atoms in total. The number of anilines is 1. The molecule has 102 valence electrons. The molecule has 0 amide bonds. The van der Waals surface area contributed by atoms with Crippen LogP contribution in [0.15, 0.2) is 6.33 Å². The Balaban J connectivity index is 2.64. The lowest BCUT2D eigenvalue weighted by molar-refractivity contribution is 0.0629. The van der Waals surface area contributed by atoms with Crippen molar-refractivity contribution >= 4 is 5.82 Å². The summed E-state index contributed by atoms with van der Waals surface area (Å²) >= 11 is 0. The van der Waals surface area contributed by atoms with Gasteiger partial charge in [0, 0.05) is 13.2 Å². The summed E-state index contributed by atoms with van der Waals surface area (Å²) in [6, 6.07) is 0. The third-order valence-corrected chi connectivity index (χ3v) is 2.45. The number of nitrogens with one attached hydrogen (secondary N) is 1. The van der Waals surface area contributed by atoms with Crippen LogP contribution >= 0.6 is 0 Å². The van der Waals surface area contributed by atoms with Gasteiger partial charge in [-0.15, -0.1) is 0 Å². The van der Waals surface area contributed by atoms with Gasteiger partial charge in [0.15, 0.2) is 0 Å². The molecule has 0 aliphatic heterocycles. The van der Waals surface area contributed by atoms with Crippen LogP contribution in [0.5, 0.6) is 5.88 Å². The van der Waals surface area contributed by atoms with Gasteiger partial charge in [0.25, 0.3) is 0 Å². The molecule has 0 saturated heterocycles. The first-order valence-electron chi connectivity index (χ1n) is 6.48. The van der Waals surface area contributed by atoms with Crippen molar-refractivity contribution < 1.29 is 9.47 Å². The van der Waals surface area contributed by atoms with Crippen molar-refractivity contribution in [3.05, 3.63) is 11.9 Å². The van der Waals surface area contributed by atoms with E-state index in [1.807, 2.05) is 20.8 Å². The molecule has 0 aliphatic carbocycles. The van der Waals surface area contributed by atoms with Gasteiger partial charge in [0.2, 0.25) is 5.88 Å². The van der Waals surface area contributed by atoms with Crippen LogP contribution in [0.3, 0.4) is 0 Å². The van der Waals surface area contributed by atoms with E-state index in [1.165, 1.54) is 6.33 Å². The number of rotatable bonds is 8. The Morgan fingerprint density at radius 3 is 2.78 bits per heavy atom. The van der Waals surface area contributed by atoms with Gasteiger partial charge >= 0.3 is 0 Å². The van der Waals surface area contributed by atoms with Gasteiger partial charge in [-0.05, 0) is 27.2 Å². The van der Waals surface area contributed by atoms with Crippen LogP contribution in [0.4, 0.5) is 5.82 Å². The zero-order chi connectivity index (χ0) is 13.4. The van der Waals surface area contributed by atoms with E-state index >= 15 is 0 Å². The van der Waals surface area contributed by atoms with E-state index < -0.39 is 0 Å². The third-order valence-electron chi connectivity index (χ3n) is 2.45. The van der Waals surface area contributed by atoms with Crippen LogP contribution in [-0.4, -0.2) is 35.8 Å². The maximum Gasteiger partial charge on any atom is 0.221 e. The van der Waals surface area contributed by atoms with Gasteiger partial charge in [0.05, 0.1) is 12.2 Å². The van der Waals surface area contributed by atoms with Crippen molar-refractivity contribution in [3.63, 3.8) is 0 Å². The molecule has 0 radical (unpaired) electrons. The molecule has 1 rings (SSSR count). The van der Waals surface area contributed by atoms with Crippen molar-refractivity contribution in [1.29, 1.82) is 0 Å². The van der Waals surface area contributed by atoms with Crippen LogP contribution in [0.25, 0.3) is 0 Å². The quantitative estimate of drug-likeness (QED) is 0.771. The fourth-order valence-corrected chi connectivity index (χ4v) is 1.48. The maximum absolute atomic E-state index is 5.75. The zero-order valence-corrected chi connectivity index (χ0v) is 11.7. The van der Waals surface area contributed by atoms with Crippen molar-refractivity contribution in [2.24, 2.45) is 0 Å². The molecule has 0 saturated carbocycles. The molecule has 0 aromatic carbocycles. The lowest BCUT2D eigenvalue weighted by atomic mass is 10.3. The second-order valence-electron chi connectivity index (χ2n) is 4.17. The van der Waals surface area contributed by atoms with Gasteiger partial charge in [-0.2, -0.15) is 0 Å². The van der Waals surface area contributed by atoms with Crippen molar-refractivity contribution in [3.8, 4) is 5.88 Å². The predicted molar refractivity (Wildman–Crippen MR) is 72.1 cm³/mol. The third kappa shape index (κ3) is 4.49. The summed E-state index contributed by atoms with van der Waals surface area (Å²) < 4.78 is 11.1. The maximum atomic E-state index is 5.75. The van der Waals surface area contributed by atoms with Crippen LogP contribution in [0.2, 0.25) is 0 Å². The van der Waals surface area contributed by atoms with E-state index in [0.29, 0.717) is 19.1 Å². The molecule has 1 N–H and O–H groups in total. The molecule has 1 atom stereocenters. The summed E-state index contributed by atoms with van der Waals surface area (Å²) in [5.41, 5.74) is 0.939. The van der Waals surface area contributed by atoms with Gasteiger partial charge in [-0.3, -0.25) is 0 Å². The number of nitrogens with zero attached hydrogens (tertiary/aromatic N) is 2. The normalized spacial score (nSPS) is 12.2. The highest BCUT2D eigenvalue weighted by Gasteiger charge is 2.11. The average Bonchev–Trinajstić information content (AvgIpc) is 2.37. The molecular formula is C13H23N3O2. The summed E-state index contributed by atoms with van der Waals surface area (Å²) in [4.78, 5) is 8.38. The van der Waals surface area contributed by atoms with Gasteiger partial charge in [-0.25, -0.2) is 9.97 Å². The molecule has 1 aromatic heterocycles. The molecule has 1 aromatic rings. The highest BCUT2D eigenvalue weighted by Crippen LogP contribution is 2.21. The largest absolute Gasteiger partial charge is 0.472 e. The van der Waals surface area contributed by atoms with Crippen molar-refractivity contribution in [1.82, 2.24) is 9.97 Å². The van der Waals surface area contributed by atoms with Crippen LogP contribution in [-0.2, 0) is 4.74 Å². The molecule has 0 fully saturated rings. The highest BCUT2D eigenvalue weighted by molar-refractivity contribution is 5.47. The fourth-order valence-electron chi connectivity index (χ4n) is 1.48.